The monoisotopic (exact) mass is 565 g/mol. The largest absolute Gasteiger partial charge is 0.394 e. The second kappa shape index (κ2) is 11.1. The van der Waals surface area contributed by atoms with E-state index in [9.17, 15) is 15.0 Å². The SMILES string of the molecule is Cc1cccc([C@@]2(CO)SC2NC(=O)CN2Cc3ccc(-c4cc(NC5CCOCC5)ncn4)c(F)c3C2O)c1. The summed E-state index contributed by atoms with van der Waals surface area (Å²) in [5.74, 6) is -0.245. The smallest absolute Gasteiger partial charge is 0.235 e. The van der Waals surface area contributed by atoms with E-state index in [-0.39, 0.29) is 48.1 Å². The first-order chi connectivity index (χ1) is 19.4. The highest BCUT2D eigenvalue weighted by atomic mass is 32.2. The second-order valence-corrected chi connectivity index (χ2v) is 12.0. The van der Waals surface area contributed by atoms with E-state index < -0.39 is 16.8 Å². The standard InChI is InChI=1S/C29H32FN5O4S/c1-17-3-2-4-19(11-17)29(15-36)28(40-29)34-24(37)14-35-13-18-5-6-21(26(30)25(18)27(35)38)22-12-23(32-16-31-22)33-20-7-9-39-10-8-20/h2-6,11-12,16,20,27-28,36,38H,7-10,13-15H2,1H3,(H,34,37)(H,31,32,33)/t27?,28?,29-/m1/s1. The molecule has 6 rings (SSSR count). The molecule has 0 saturated carbocycles. The molecule has 2 unspecified atom stereocenters. The predicted octanol–water partition coefficient (Wildman–Crippen LogP) is 3.07. The summed E-state index contributed by atoms with van der Waals surface area (Å²) < 4.78 is 20.6. The molecule has 2 fully saturated rings. The number of aromatic nitrogens is 2. The average molecular weight is 566 g/mol. The first-order valence-electron chi connectivity index (χ1n) is 13.4. The molecule has 4 N–H and O–H groups in total. The highest BCUT2D eigenvalue weighted by Crippen LogP contribution is 2.59. The lowest BCUT2D eigenvalue weighted by Crippen LogP contribution is -2.40. The van der Waals surface area contributed by atoms with Gasteiger partial charge in [0.1, 0.15) is 24.2 Å². The van der Waals surface area contributed by atoms with E-state index in [0.717, 1.165) is 24.0 Å². The number of nitrogens with one attached hydrogen (secondary N) is 2. The molecule has 9 nitrogen and oxygen atoms in total. The van der Waals surface area contributed by atoms with E-state index in [2.05, 4.69) is 20.6 Å². The van der Waals surface area contributed by atoms with E-state index in [1.807, 2.05) is 31.2 Å². The van der Waals surface area contributed by atoms with Gasteiger partial charge in [0.15, 0.2) is 0 Å². The number of thioether (sulfide) groups is 1. The van der Waals surface area contributed by atoms with Crippen LogP contribution in [0.4, 0.5) is 10.2 Å². The van der Waals surface area contributed by atoms with Crippen molar-refractivity contribution in [2.75, 3.05) is 31.7 Å². The molecule has 0 aliphatic carbocycles. The number of hydrogen-bond acceptors (Lipinski definition) is 9. The fourth-order valence-corrected chi connectivity index (χ4v) is 6.70. The van der Waals surface area contributed by atoms with Gasteiger partial charge in [-0.2, -0.15) is 0 Å². The Balaban J connectivity index is 1.13. The quantitative estimate of drug-likeness (QED) is 0.306. The van der Waals surface area contributed by atoms with Gasteiger partial charge in [0, 0.05) is 43.0 Å². The lowest BCUT2D eigenvalue weighted by molar-refractivity contribution is -0.125. The summed E-state index contributed by atoms with van der Waals surface area (Å²) in [6.45, 7) is 3.39. The number of aliphatic hydroxyl groups excluding tert-OH is 2. The Hall–Kier alpha value is -3.09. The van der Waals surface area contributed by atoms with Crippen molar-refractivity contribution in [3.8, 4) is 11.3 Å². The minimum Gasteiger partial charge on any atom is -0.394 e. The summed E-state index contributed by atoms with van der Waals surface area (Å²) in [5.41, 5.74) is 3.51. The van der Waals surface area contributed by atoms with Crippen molar-refractivity contribution in [3.05, 3.63) is 76.9 Å². The number of fused-ring (bicyclic) bond motifs is 1. The Kier molecular flexibility index (Phi) is 7.49. The van der Waals surface area contributed by atoms with Crippen LogP contribution >= 0.6 is 11.8 Å². The minimum atomic E-state index is -1.27. The van der Waals surface area contributed by atoms with Crippen molar-refractivity contribution >= 4 is 23.5 Å². The van der Waals surface area contributed by atoms with Crippen LogP contribution < -0.4 is 10.6 Å². The van der Waals surface area contributed by atoms with E-state index >= 15 is 4.39 Å². The van der Waals surface area contributed by atoms with Gasteiger partial charge in [-0.25, -0.2) is 14.4 Å². The maximum absolute atomic E-state index is 15.8. The zero-order valence-electron chi connectivity index (χ0n) is 22.1. The van der Waals surface area contributed by atoms with Crippen molar-refractivity contribution in [1.82, 2.24) is 20.2 Å². The van der Waals surface area contributed by atoms with Crippen molar-refractivity contribution in [2.45, 2.75) is 48.7 Å². The lowest BCUT2D eigenvalue weighted by atomic mass is 9.98. The molecule has 210 valence electrons. The van der Waals surface area contributed by atoms with Gasteiger partial charge in [0.25, 0.3) is 0 Å². The number of carbonyl (C=O) groups is 1. The van der Waals surface area contributed by atoms with Gasteiger partial charge in [-0.05, 0) is 37.0 Å². The number of ether oxygens (including phenoxy) is 1. The van der Waals surface area contributed by atoms with Crippen molar-refractivity contribution in [1.29, 1.82) is 0 Å². The predicted molar refractivity (Wildman–Crippen MR) is 150 cm³/mol. The summed E-state index contributed by atoms with van der Waals surface area (Å²) in [5, 5.41) is 27.2. The molecule has 1 amide bonds. The molecule has 4 heterocycles. The van der Waals surface area contributed by atoms with Crippen LogP contribution in [0.5, 0.6) is 0 Å². The lowest BCUT2D eigenvalue weighted by Gasteiger charge is -2.23. The van der Waals surface area contributed by atoms with Crippen LogP contribution in [-0.2, 0) is 20.8 Å². The summed E-state index contributed by atoms with van der Waals surface area (Å²) in [6, 6.07) is 13.3. The Morgan fingerprint density at radius 1 is 1.23 bits per heavy atom. The summed E-state index contributed by atoms with van der Waals surface area (Å²) >= 11 is 1.49. The maximum atomic E-state index is 15.8. The molecule has 3 aliphatic rings. The Bertz CT molecular complexity index is 1420. The number of carbonyl (C=O) groups excluding carboxylic acids is 1. The van der Waals surface area contributed by atoms with Crippen LogP contribution in [0.15, 0.2) is 48.8 Å². The number of aryl methyl sites for hydroxylation is 1. The number of amides is 1. The number of rotatable bonds is 8. The van der Waals surface area contributed by atoms with Crippen LogP contribution in [0.2, 0.25) is 0 Å². The van der Waals surface area contributed by atoms with Gasteiger partial charge >= 0.3 is 0 Å². The molecular formula is C29H32FN5O4S. The fourth-order valence-electron chi connectivity index (χ4n) is 5.55. The van der Waals surface area contributed by atoms with Crippen LogP contribution in [0.3, 0.4) is 0 Å². The normalized spacial score (nSPS) is 24.5. The van der Waals surface area contributed by atoms with Crippen LogP contribution in [0.25, 0.3) is 11.3 Å². The van der Waals surface area contributed by atoms with Gasteiger partial charge < -0.3 is 25.6 Å². The number of aliphatic hydroxyl groups is 2. The van der Waals surface area contributed by atoms with E-state index in [1.165, 1.54) is 23.0 Å². The Morgan fingerprint density at radius 3 is 2.83 bits per heavy atom. The molecule has 2 aromatic carbocycles. The first kappa shape index (κ1) is 27.1. The summed E-state index contributed by atoms with van der Waals surface area (Å²) in [7, 11) is 0. The van der Waals surface area contributed by atoms with Gasteiger partial charge in [-0.3, -0.25) is 9.69 Å². The number of benzene rings is 2. The van der Waals surface area contributed by atoms with E-state index in [1.54, 1.807) is 18.2 Å². The van der Waals surface area contributed by atoms with Gasteiger partial charge in [0.05, 0.1) is 29.0 Å². The van der Waals surface area contributed by atoms with Crippen LogP contribution in [0, 0.1) is 12.7 Å². The molecule has 3 aromatic rings. The second-order valence-electron chi connectivity index (χ2n) is 10.6. The molecule has 2 saturated heterocycles. The Morgan fingerprint density at radius 2 is 2.05 bits per heavy atom. The molecular weight excluding hydrogens is 533 g/mol. The van der Waals surface area contributed by atoms with Crippen molar-refractivity contribution in [2.24, 2.45) is 0 Å². The van der Waals surface area contributed by atoms with Gasteiger partial charge in [-0.15, -0.1) is 11.8 Å². The van der Waals surface area contributed by atoms with Gasteiger partial charge in [0.2, 0.25) is 5.91 Å². The van der Waals surface area contributed by atoms with Crippen molar-refractivity contribution in [3.63, 3.8) is 0 Å². The molecule has 0 radical (unpaired) electrons. The molecule has 0 bridgehead atoms. The molecule has 11 heteroatoms. The molecule has 0 spiro atoms. The highest BCUT2D eigenvalue weighted by molar-refractivity contribution is 8.08. The van der Waals surface area contributed by atoms with Crippen molar-refractivity contribution < 1.29 is 24.1 Å². The number of hydrogen-bond donors (Lipinski definition) is 4. The number of halogens is 1. The van der Waals surface area contributed by atoms with Crippen LogP contribution in [-0.4, -0.2) is 68.8 Å². The third-order valence-corrected chi connectivity index (χ3v) is 9.36. The molecule has 40 heavy (non-hydrogen) atoms. The Labute approximate surface area is 236 Å². The molecule has 1 aromatic heterocycles. The van der Waals surface area contributed by atoms with E-state index in [0.29, 0.717) is 30.3 Å². The number of nitrogens with zero attached hydrogens (tertiary/aromatic N) is 3. The first-order valence-corrected chi connectivity index (χ1v) is 14.3. The van der Waals surface area contributed by atoms with Gasteiger partial charge in [-0.1, -0.05) is 35.9 Å². The highest BCUT2D eigenvalue weighted by Gasteiger charge is 2.57. The molecule has 3 aliphatic heterocycles. The fraction of sp³-hybridized carbons (Fsp3) is 0.414. The zero-order valence-corrected chi connectivity index (χ0v) is 23.0. The third kappa shape index (κ3) is 5.19. The van der Waals surface area contributed by atoms with Crippen LogP contribution in [0.1, 0.15) is 41.3 Å². The number of anilines is 1. The minimum absolute atomic E-state index is 0.104. The summed E-state index contributed by atoms with van der Waals surface area (Å²) in [6.07, 6.45) is 1.87. The molecule has 3 atom stereocenters. The topological polar surface area (TPSA) is 120 Å². The van der Waals surface area contributed by atoms with E-state index in [4.69, 9.17) is 4.74 Å². The average Bonchev–Trinajstić information content (AvgIpc) is 3.57. The third-order valence-electron chi connectivity index (χ3n) is 7.84. The summed E-state index contributed by atoms with van der Waals surface area (Å²) in [4.78, 5) is 23.0. The maximum Gasteiger partial charge on any atom is 0.235 e. The zero-order chi connectivity index (χ0) is 27.9.